The third-order valence-electron chi connectivity index (χ3n) is 2.66. The zero-order valence-electron chi connectivity index (χ0n) is 12.2. The molecule has 0 heterocycles. The quantitative estimate of drug-likeness (QED) is 0.558. The fourth-order valence-electron chi connectivity index (χ4n) is 1.45. The molecular weight excluding hydrogens is 314 g/mol. The molecule has 4 N–H and O–H groups in total. The Hall–Kier alpha value is -2.48. The third-order valence-corrected chi connectivity index (χ3v) is 2.98. The predicted octanol–water partition coefficient (Wildman–Crippen LogP) is 0.932. The van der Waals surface area contributed by atoms with E-state index in [2.05, 4.69) is 5.32 Å². The van der Waals surface area contributed by atoms with Crippen molar-refractivity contribution in [3.05, 3.63) is 22.7 Å². The molecule has 22 heavy (non-hydrogen) atoms. The number of nitrogen functional groups attached to an aromatic ring is 1. The maximum Gasteiger partial charge on any atom is 0.342 e. The fourth-order valence-corrected chi connectivity index (χ4v) is 1.61. The first-order valence-corrected chi connectivity index (χ1v) is 6.54. The van der Waals surface area contributed by atoms with Gasteiger partial charge >= 0.3 is 12.0 Å². The first-order valence-electron chi connectivity index (χ1n) is 6.16. The normalized spacial score (nSPS) is 11.3. The van der Waals surface area contributed by atoms with Crippen LogP contribution in [-0.2, 0) is 9.53 Å². The molecule has 0 bridgehead atoms. The lowest BCUT2D eigenvalue weighted by atomic mass is 10.2. The number of rotatable bonds is 4. The maximum atomic E-state index is 12.1. The summed E-state index contributed by atoms with van der Waals surface area (Å²) in [6.45, 7) is 1.32. The zero-order chi connectivity index (χ0) is 16.9. The van der Waals surface area contributed by atoms with Crippen LogP contribution in [0.1, 0.15) is 17.3 Å². The predicted molar refractivity (Wildman–Crippen MR) is 79.9 cm³/mol. The number of nitrogens with two attached hydrogens (primary N) is 1. The van der Waals surface area contributed by atoms with Crippen LogP contribution in [0, 0.1) is 0 Å². The second-order valence-electron chi connectivity index (χ2n) is 4.19. The average Bonchev–Trinajstić information content (AvgIpc) is 2.48. The molecule has 0 aliphatic rings. The van der Waals surface area contributed by atoms with Crippen LogP contribution in [0.3, 0.4) is 0 Å². The molecule has 8 nitrogen and oxygen atoms in total. The summed E-state index contributed by atoms with van der Waals surface area (Å²) in [5.74, 6) is -1.45. The summed E-state index contributed by atoms with van der Waals surface area (Å²) in [6, 6.07) is 1.94. The zero-order valence-corrected chi connectivity index (χ0v) is 13.0. The summed E-state index contributed by atoms with van der Waals surface area (Å²) in [6.07, 6.45) is -1.19. The van der Waals surface area contributed by atoms with Crippen LogP contribution in [-0.4, -0.2) is 38.2 Å². The second-order valence-corrected chi connectivity index (χ2v) is 4.60. The van der Waals surface area contributed by atoms with Crippen molar-refractivity contribution in [2.45, 2.75) is 13.0 Å². The standard InChI is InChI=1S/C13H16ClN3O5/c1-6(11(18)17-13(20)16-2)22-12(19)7-4-8(14)9(15)5-10(7)21-3/h4-6H,15H2,1-3H3,(H2,16,17,18,20)/t6-/m0/s1. The maximum absolute atomic E-state index is 12.1. The van der Waals surface area contributed by atoms with E-state index in [1.54, 1.807) is 0 Å². The molecule has 120 valence electrons. The lowest BCUT2D eigenvalue weighted by Crippen LogP contribution is -2.43. The van der Waals surface area contributed by atoms with E-state index in [9.17, 15) is 14.4 Å². The number of nitrogens with one attached hydrogen (secondary N) is 2. The molecule has 0 spiro atoms. The summed E-state index contributed by atoms with van der Waals surface area (Å²) in [4.78, 5) is 34.7. The van der Waals surface area contributed by atoms with Gasteiger partial charge in [-0.2, -0.15) is 0 Å². The van der Waals surface area contributed by atoms with Crippen LogP contribution in [0.4, 0.5) is 10.5 Å². The molecule has 1 rings (SSSR count). The van der Waals surface area contributed by atoms with E-state index in [0.29, 0.717) is 0 Å². The van der Waals surface area contributed by atoms with Gasteiger partial charge in [0.1, 0.15) is 11.3 Å². The van der Waals surface area contributed by atoms with Crippen LogP contribution < -0.4 is 21.1 Å². The number of hydrogen-bond acceptors (Lipinski definition) is 6. The van der Waals surface area contributed by atoms with Gasteiger partial charge in [0.15, 0.2) is 6.10 Å². The van der Waals surface area contributed by atoms with Crippen molar-refractivity contribution in [1.82, 2.24) is 10.6 Å². The Morgan fingerprint density at radius 2 is 1.95 bits per heavy atom. The molecule has 9 heteroatoms. The van der Waals surface area contributed by atoms with Crippen molar-refractivity contribution in [3.8, 4) is 5.75 Å². The number of urea groups is 1. The summed E-state index contributed by atoms with van der Waals surface area (Å²) in [5, 5.41) is 4.35. The molecule has 0 aliphatic carbocycles. The average molecular weight is 330 g/mol. The number of carbonyl (C=O) groups excluding carboxylic acids is 3. The lowest BCUT2D eigenvalue weighted by Gasteiger charge is -2.14. The second kappa shape index (κ2) is 7.51. The summed E-state index contributed by atoms with van der Waals surface area (Å²) < 4.78 is 9.99. The van der Waals surface area contributed by atoms with E-state index in [-0.39, 0.29) is 22.0 Å². The fraction of sp³-hybridized carbons (Fsp3) is 0.308. The lowest BCUT2D eigenvalue weighted by molar-refractivity contribution is -0.127. The molecule has 0 fully saturated rings. The Kier molecular flexibility index (Phi) is 6.00. The van der Waals surface area contributed by atoms with E-state index in [0.717, 1.165) is 0 Å². The van der Waals surface area contributed by atoms with Crippen molar-refractivity contribution >= 4 is 35.2 Å². The number of carbonyl (C=O) groups is 3. The largest absolute Gasteiger partial charge is 0.496 e. The molecule has 0 radical (unpaired) electrons. The highest BCUT2D eigenvalue weighted by atomic mass is 35.5. The Morgan fingerprint density at radius 3 is 2.50 bits per heavy atom. The highest BCUT2D eigenvalue weighted by Crippen LogP contribution is 2.29. The smallest absolute Gasteiger partial charge is 0.342 e. The van der Waals surface area contributed by atoms with Crippen LogP contribution in [0.5, 0.6) is 5.75 Å². The van der Waals surface area contributed by atoms with Gasteiger partial charge in [0.25, 0.3) is 5.91 Å². The van der Waals surface area contributed by atoms with Gasteiger partial charge < -0.3 is 20.5 Å². The number of ether oxygens (including phenoxy) is 2. The van der Waals surface area contributed by atoms with Crippen molar-refractivity contribution < 1.29 is 23.9 Å². The van der Waals surface area contributed by atoms with E-state index in [1.807, 2.05) is 5.32 Å². The highest BCUT2D eigenvalue weighted by Gasteiger charge is 2.23. The molecule has 0 saturated carbocycles. The SMILES string of the molecule is CNC(=O)NC(=O)[C@H](C)OC(=O)c1cc(Cl)c(N)cc1OC. The van der Waals surface area contributed by atoms with Gasteiger partial charge in [-0.05, 0) is 13.0 Å². The monoisotopic (exact) mass is 329 g/mol. The van der Waals surface area contributed by atoms with E-state index in [4.69, 9.17) is 26.8 Å². The molecule has 1 aromatic carbocycles. The van der Waals surface area contributed by atoms with Crippen molar-refractivity contribution in [3.63, 3.8) is 0 Å². The van der Waals surface area contributed by atoms with Crippen LogP contribution in [0.25, 0.3) is 0 Å². The number of halogens is 1. The van der Waals surface area contributed by atoms with Gasteiger partial charge in [0, 0.05) is 13.1 Å². The van der Waals surface area contributed by atoms with Crippen LogP contribution in [0.2, 0.25) is 5.02 Å². The molecule has 1 aromatic rings. The number of amides is 3. The van der Waals surface area contributed by atoms with Gasteiger partial charge in [-0.3, -0.25) is 10.1 Å². The molecule has 3 amide bonds. The Morgan fingerprint density at radius 1 is 1.32 bits per heavy atom. The number of imide groups is 1. The van der Waals surface area contributed by atoms with Crippen molar-refractivity contribution in [2.24, 2.45) is 0 Å². The summed E-state index contributed by atoms with van der Waals surface area (Å²) in [5.41, 5.74) is 5.86. The Bertz CT molecular complexity index is 606. The first kappa shape index (κ1) is 17.6. The molecule has 0 aliphatic heterocycles. The number of hydrogen-bond donors (Lipinski definition) is 3. The van der Waals surface area contributed by atoms with Crippen LogP contribution in [0.15, 0.2) is 12.1 Å². The third kappa shape index (κ3) is 4.26. The van der Waals surface area contributed by atoms with Gasteiger partial charge in [-0.25, -0.2) is 9.59 Å². The molecule has 0 aromatic heterocycles. The molecule has 0 unspecified atom stereocenters. The Balaban J connectivity index is 2.87. The minimum Gasteiger partial charge on any atom is -0.496 e. The van der Waals surface area contributed by atoms with Gasteiger partial charge in [-0.15, -0.1) is 0 Å². The minimum absolute atomic E-state index is 0.0151. The summed E-state index contributed by atoms with van der Waals surface area (Å²) >= 11 is 5.85. The molecule has 1 atom stereocenters. The highest BCUT2D eigenvalue weighted by molar-refractivity contribution is 6.33. The summed E-state index contributed by atoms with van der Waals surface area (Å²) in [7, 11) is 2.70. The molecular formula is C13H16ClN3O5. The number of anilines is 1. The van der Waals surface area contributed by atoms with E-state index < -0.39 is 24.0 Å². The van der Waals surface area contributed by atoms with Gasteiger partial charge in [-0.1, -0.05) is 11.6 Å². The van der Waals surface area contributed by atoms with Gasteiger partial charge in [0.05, 0.1) is 17.8 Å². The van der Waals surface area contributed by atoms with Gasteiger partial charge in [0.2, 0.25) is 0 Å². The Labute approximate surface area is 131 Å². The first-order chi connectivity index (χ1) is 10.3. The van der Waals surface area contributed by atoms with Crippen LogP contribution >= 0.6 is 11.6 Å². The van der Waals surface area contributed by atoms with Crippen molar-refractivity contribution in [1.29, 1.82) is 0 Å². The topological polar surface area (TPSA) is 120 Å². The number of methoxy groups -OCH3 is 1. The number of benzene rings is 1. The van der Waals surface area contributed by atoms with Crippen molar-refractivity contribution in [2.75, 3.05) is 19.9 Å². The number of esters is 1. The molecule has 0 saturated heterocycles. The van der Waals surface area contributed by atoms with E-state index >= 15 is 0 Å². The minimum atomic E-state index is -1.19. The van der Waals surface area contributed by atoms with E-state index in [1.165, 1.54) is 33.2 Å².